The molecular weight excluding hydrogens is 344 g/mol. The summed E-state index contributed by atoms with van der Waals surface area (Å²) in [6.45, 7) is 4.54. The Morgan fingerprint density at radius 2 is 1.96 bits per heavy atom. The van der Waals surface area contributed by atoms with Gasteiger partial charge in [-0.25, -0.2) is 0 Å². The van der Waals surface area contributed by atoms with Crippen LogP contribution in [0.3, 0.4) is 0 Å². The van der Waals surface area contributed by atoms with Crippen molar-refractivity contribution in [2.45, 2.75) is 70.1 Å². The lowest BCUT2D eigenvalue weighted by molar-refractivity contribution is 0.340. The van der Waals surface area contributed by atoms with Crippen LogP contribution in [-0.4, -0.2) is 5.38 Å². The van der Waals surface area contributed by atoms with Crippen molar-refractivity contribution >= 4 is 22.9 Å². The van der Waals surface area contributed by atoms with Gasteiger partial charge < -0.3 is 0 Å². The highest BCUT2D eigenvalue weighted by Gasteiger charge is 2.33. The Labute approximate surface area is 162 Å². The average molecular weight is 375 g/mol. The van der Waals surface area contributed by atoms with E-state index in [1.54, 1.807) is 0 Å². The van der Waals surface area contributed by atoms with Crippen molar-refractivity contribution in [2.75, 3.05) is 0 Å². The molecule has 0 N–H and O–H groups in total. The van der Waals surface area contributed by atoms with Crippen LogP contribution in [-0.2, 0) is 12.8 Å². The van der Waals surface area contributed by atoms with Gasteiger partial charge in [-0.15, -0.1) is 22.9 Å². The average Bonchev–Trinajstić information content (AvgIpc) is 3.24. The van der Waals surface area contributed by atoms with Gasteiger partial charge in [0.15, 0.2) is 0 Å². The van der Waals surface area contributed by atoms with E-state index in [1.807, 2.05) is 11.3 Å². The molecule has 0 amide bonds. The largest absolute Gasteiger partial charge is 0.149 e. The molecule has 1 aromatic heterocycles. The van der Waals surface area contributed by atoms with E-state index < -0.39 is 0 Å². The van der Waals surface area contributed by atoms with E-state index in [9.17, 15) is 0 Å². The predicted octanol–water partition coefficient (Wildman–Crippen LogP) is 7.46. The molecule has 0 aliphatic heterocycles. The highest BCUT2D eigenvalue weighted by atomic mass is 35.5. The Kier molecular flexibility index (Phi) is 7.01. The van der Waals surface area contributed by atoms with Gasteiger partial charge in [0.2, 0.25) is 0 Å². The lowest BCUT2D eigenvalue weighted by atomic mass is 9.86. The molecule has 0 nitrogen and oxygen atoms in total. The van der Waals surface area contributed by atoms with Gasteiger partial charge in [-0.1, -0.05) is 44.2 Å². The van der Waals surface area contributed by atoms with E-state index in [2.05, 4.69) is 55.6 Å². The molecule has 136 valence electrons. The van der Waals surface area contributed by atoms with Crippen molar-refractivity contribution in [1.29, 1.82) is 0 Å². The first-order valence-corrected chi connectivity index (χ1v) is 11.2. The zero-order valence-corrected chi connectivity index (χ0v) is 17.2. The van der Waals surface area contributed by atoms with Gasteiger partial charge >= 0.3 is 0 Å². The van der Waals surface area contributed by atoms with Crippen LogP contribution in [0.4, 0.5) is 0 Å². The van der Waals surface area contributed by atoms with Gasteiger partial charge in [-0.3, -0.25) is 0 Å². The number of rotatable bonds is 8. The molecule has 1 saturated carbocycles. The second kappa shape index (κ2) is 9.24. The van der Waals surface area contributed by atoms with Gasteiger partial charge in [0, 0.05) is 10.3 Å². The normalized spacial score (nSPS) is 23.4. The Morgan fingerprint density at radius 3 is 2.72 bits per heavy atom. The van der Waals surface area contributed by atoms with Gasteiger partial charge in [-0.05, 0) is 85.3 Å². The molecule has 1 unspecified atom stereocenters. The summed E-state index contributed by atoms with van der Waals surface area (Å²) >= 11 is 8.59. The van der Waals surface area contributed by atoms with E-state index in [0.717, 1.165) is 5.92 Å². The summed E-state index contributed by atoms with van der Waals surface area (Å²) in [5.41, 5.74) is 2.94. The molecule has 0 bridgehead atoms. The molecule has 3 atom stereocenters. The molecule has 0 saturated heterocycles. The summed E-state index contributed by atoms with van der Waals surface area (Å²) in [5.74, 6) is 2.14. The topological polar surface area (TPSA) is 0 Å². The maximum atomic E-state index is 6.70. The van der Waals surface area contributed by atoms with Crippen molar-refractivity contribution in [1.82, 2.24) is 0 Å². The SMILES string of the molecule is CC(C)c1cccc(CC[C@H]2C(Cl)CC[C@@H]2CCCc2cccs2)c1. The standard InChI is InChI=1S/C23H31ClS/c1-17(2)20-8-3-6-18(16-20)11-13-22-19(12-14-23(22)24)7-4-9-21-10-5-15-25-21/h3,5-6,8,10,15-17,19,22-23H,4,7,9,11-14H2,1-2H3/t19-,22+,23?/m0/s1. The summed E-state index contributed by atoms with van der Waals surface area (Å²) in [4.78, 5) is 1.53. The van der Waals surface area contributed by atoms with Crippen LogP contribution in [0.15, 0.2) is 41.8 Å². The molecular formula is C23H31ClS. The molecule has 2 heteroatoms. The smallest absolute Gasteiger partial charge is 0.0367 e. The summed E-state index contributed by atoms with van der Waals surface area (Å²) in [6.07, 6.45) is 8.86. The third-order valence-electron chi connectivity index (χ3n) is 5.85. The van der Waals surface area contributed by atoms with E-state index >= 15 is 0 Å². The fraction of sp³-hybridized carbons (Fsp3) is 0.565. The number of benzene rings is 1. The van der Waals surface area contributed by atoms with Gasteiger partial charge in [0.25, 0.3) is 0 Å². The van der Waals surface area contributed by atoms with Crippen molar-refractivity contribution < 1.29 is 0 Å². The first-order valence-electron chi connectivity index (χ1n) is 9.88. The van der Waals surface area contributed by atoms with E-state index in [1.165, 1.54) is 60.9 Å². The fourth-order valence-electron chi connectivity index (χ4n) is 4.31. The fourth-order valence-corrected chi connectivity index (χ4v) is 5.52. The number of hydrogen-bond acceptors (Lipinski definition) is 1. The number of alkyl halides is 1. The summed E-state index contributed by atoms with van der Waals surface area (Å²) < 4.78 is 0. The molecule has 3 rings (SSSR count). The highest BCUT2D eigenvalue weighted by molar-refractivity contribution is 7.09. The molecule has 1 aliphatic rings. The van der Waals surface area contributed by atoms with Crippen LogP contribution in [0, 0.1) is 11.8 Å². The van der Waals surface area contributed by atoms with Gasteiger partial charge in [0.05, 0.1) is 0 Å². The molecule has 0 spiro atoms. The van der Waals surface area contributed by atoms with Crippen molar-refractivity contribution in [3.63, 3.8) is 0 Å². The Hall–Kier alpha value is -0.790. The van der Waals surface area contributed by atoms with Crippen LogP contribution in [0.25, 0.3) is 0 Å². The first kappa shape index (κ1) is 19.0. The van der Waals surface area contributed by atoms with Crippen LogP contribution >= 0.6 is 22.9 Å². The molecule has 1 aliphatic carbocycles. The minimum absolute atomic E-state index is 0.389. The molecule has 0 radical (unpaired) electrons. The number of halogens is 1. The van der Waals surface area contributed by atoms with Crippen LogP contribution in [0.1, 0.15) is 67.9 Å². The van der Waals surface area contributed by atoms with Crippen molar-refractivity contribution in [3.8, 4) is 0 Å². The number of hydrogen-bond donors (Lipinski definition) is 0. The summed E-state index contributed by atoms with van der Waals surface area (Å²) in [5, 5.41) is 2.58. The molecule has 1 aromatic carbocycles. The second-order valence-electron chi connectivity index (χ2n) is 7.93. The lowest BCUT2D eigenvalue weighted by Gasteiger charge is -2.22. The minimum Gasteiger partial charge on any atom is -0.149 e. The first-order chi connectivity index (χ1) is 12.1. The zero-order valence-electron chi connectivity index (χ0n) is 15.6. The summed E-state index contributed by atoms with van der Waals surface area (Å²) in [7, 11) is 0. The van der Waals surface area contributed by atoms with Crippen LogP contribution in [0.2, 0.25) is 0 Å². The molecule has 1 heterocycles. The van der Waals surface area contributed by atoms with E-state index in [4.69, 9.17) is 11.6 Å². The quantitative estimate of drug-likeness (QED) is 0.420. The second-order valence-corrected chi connectivity index (χ2v) is 9.52. The Morgan fingerprint density at radius 1 is 1.08 bits per heavy atom. The van der Waals surface area contributed by atoms with Crippen LogP contribution < -0.4 is 0 Å². The highest BCUT2D eigenvalue weighted by Crippen LogP contribution is 2.41. The van der Waals surface area contributed by atoms with Crippen molar-refractivity contribution in [3.05, 3.63) is 57.8 Å². The maximum absolute atomic E-state index is 6.70. The maximum Gasteiger partial charge on any atom is 0.0367 e. The number of thiophene rings is 1. The monoisotopic (exact) mass is 374 g/mol. The minimum atomic E-state index is 0.389. The van der Waals surface area contributed by atoms with Crippen LogP contribution in [0.5, 0.6) is 0 Å². The van der Waals surface area contributed by atoms with E-state index in [-0.39, 0.29) is 0 Å². The van der Waals surface area contributed by atoms with Crippen molar-refractivity contribution in [2.24, 2.45) is 11.8 Å². The Balaban J connectivity index is 1.51. The lowest BCUT2D eigenvalue weighted by Crippen LogP contribution is -2.16. The Bertz CT molecular complexity index is 631. The van der Waals surface area contributed by atoms with Gasteiger partial charge in [0.1, 0.15) is 0 Å². The molecule has 1 fully saturated rings. The predicted molar refractivity (Wildman–Crippen MR) is 112 cm³/mol. The molecule has 25 heavy (non-hydrogen) atoms. The third kappa shape index (κ3) is 5.34. The summed E-state index contributed by atoms with van der Waals surface area (Å²) in [6, 6.07) is 13.6. The molecule has 2 aromatic rings. The number of aryl methyl sites for hydroxylation is 2. The van der Waals surface area contributed by atoms with E-state index in [0.29, 0.717) is 17.2 Å². The third-order valence-corrected chi connectivity index (χ3v) is 7.32. The zero-order chi connectivity index (χ0) is 17.6. The van der Waals surface area contributed by atoms with Gasteiger partial charge in [-0.2, -0.15) is 0 Å².